The lowest BCUT2D eigenvalue weighted by Crippen LogP contribution is -2.45. The second-order valence-electron chi connectivity index (χ2n) is 5.41. The smallest absolute Gasteiger partial charge is 0.328 e. The molecule has 0 radical (unpaired) electrons. The molecule has 1 heterocycles. The summed E-state index contributed by atoms with van der Waals surface area (Å²) in [6.07, 6.45) is 0. The topological polar surface area (TPSA) is 75.7 Å². The molecule has 0 aliphatic carbocycles. The monoisotopic (exact) mass is 324 g/mol. The van der Waals surface area contributed by atoms with Crippen molar-refractivity contribution in [3.63, 3.8) is 0 Å². The highest BCUT2D eigenvalue weighted by atomic mass is 16.5. The van der Waals surface area contributed by atoms with Gasteiger partial charge in [0.15, 0.2) is 12.3 Å². The molecule has 1 N–H and O–H groups in total. The van der Waals surface area contributed by atoms with Gasteiger partial charge < -0.3 is 10.1 Å². The van der Waals surface area contributed by atoms with Crippen LogP contribution in [0.15, 0.2) is 60.7 Å². The van der Waals surface area contributed by atoms with E-state index in [1.165, 1.54) is 6.92 Å². The summed E-state index contributed by atoms with van der Waals surface area (Å²) >= 11 is 0. The standard InChI is InChI=1S/C18H16N2O4/c1-13(21)24-12-20-16(22)18(19-17(20)23,14-8-4-2-5-9-14)15-10-6-3-7-11-15/h2-11H,12H2,1H3,(H,19,23). The molecule has 0 saturated carbocycles. The van der Waals surface area contributed by atoms with Crippen molar-refractivity contribution in [2.45, 2.75) is 12.5 Å². The van der Waals surface area contributed by atoms with E-state index in [0.29, 0.717) is 11.1 Å². The number of esters is 1. The fourth-order valence-electron chi connectivity index (χ4n) is 2.78. The lowest BCUT2D eigenvalue weighted by Gasteiger charge is -2.27. The maximum absolute atomic E-state index is 13.1. The minimum Gasteiger partial charge on any atom is -0.444 e. The zero-order valence-electron chi connectivity index (χ0n) is 13.1. The molecule has 24 heavy (non-hydrogen) atoms. The molecule has 0 aromatic heterocycles. The first kappa shape index (κ1) is 15.7. The average molecular weight is 324 g/mol. The number of carbonyl (C=O) groups is 3. The van der Waals surface area contributed by atoms with Gasteiger partial charge in [0.25, 0.3) is 5.91 Å². The van der Waals surface area contributed by atoms with E-state index >= 15 is 0 Å². The highest BCUT2D eigenvalue weighted by molar-refractivity contribution is 6.09. The summed E-state index contributed by atoms with van der Waals surface area (Å²) in [5.74, 6) is -1.04. The van der Waals surface area contributed by atoms with Crippen LogP contribution < -0.4 is 5.32 Å². The fraction of sp³-hybridized carbons (Fsp3) is 0.167. The van der Waals surface area contributed by atoms with Crippen LogP contribution in [0, 0.1) is 0 Å². The number of nitrogens with one attached hydrogen (secondary N) is 1. The Hall–Kier alpha value is -3.15. The van der Waals surface area contributed by atoms with Crippen molar-refractivity contribution in [2.24, 2.45) is 0 Å². The van der Waals surface area contributed by atoms with Gasteiger partial charge in [-0.15, -0.1) is 0 Å². The van der Waals surface area contributed by atoms with Crippen LogP contribution in [0.4, 0.5) is 4.79 Å². The van der Waals surface area contributed by atoms with Crippen molar-refractivity contribution in [1.29, 1.82) is 0 Å². The van der Waals surface area contributed by atoms with Crippen LogP contribution in [0.25, 0.3) is 0 Å². The zero-order valence-corrected chi connectivity index (χ0v) is 13.1. The Morgan fingerprint density at radius 2 is 1.50 bits per heavy atom. The molecule has 3 amide bonds. The number of hydrogen-bond acceptors (Lipinski definition) is 4. The Bertz CT molecular complexity index is 735. The summed E-state index contributed by atoms with van der Waals surface area (Å²) in [4.78, 5) is 37.4. The van der Waals surface area contributed by atoms with Gasteiger partial charge in [-0.2, -0.15) is 0 Å². The quantitative estimate of drug-likeness (QED) is 0.689. The minimum absolute atomic E-state index is 0.415. The van der Waals surface area contributed by atoms with E-state index in [4.69, 9.17) is 4.74 Å². The van der Waals surface area contributed by atoms with Crippen molar-refractivity contribution >= 4 is 17.9 Å². The molecule has 122 valence electrons. The molecule has 1 aliphatic heterocycles. The van der Waals surface area contributed by atoms with Gasteiger partial charge in [-0.3, -0.25) is 9.59 Å². The second kappa shape index (κ2) is 6.16. The maximum atomic E-state index is 13.1. The van der Waals surface area contributed by atoms with Crippen molar-refractivity contribution in [1.82, 2.24) is 10.2 Å². The Morgan fingerprint density at radius 3 is 1.96 bits per heavy atom. The lowest BCUT2D eigenvalue weighted by atomic mass is 9.83. The van der Waals surface area contributed by atoms with Gasteiger partial charge in [0, 0.05) is 6.92 Å². The van der Waals surface area contributed by atoms with Crippen LogP contribution in [0.1, 0.15) is 18.1 Å². The number of imide groups is 1. The number of hydrogen-bond donors (Lipinski definition) is 1. The average Bonchev–Trinajstić information content (AvgIpc) is 2.86. The van der Waals surface area contributed by atoms with Crippen LogP contribution in [-0.4, -0.2) is 29.5 Å². The maximum Gasteiger partial charge on any atom is 0.328 e. The zero-order chi connectivity index (χ0) is 17.2. The van der Waals surface area contributed by atoms with Gasteiger partial charge in [-0.05, 0) is 11.1 Å². The third-order valence-electron chi connectivity index (χ3n) is 3.92. The highest BCUT2D eigenvalue weighted by Crippen LogP contribution is 2.35. The summed E-state index contributed by atoms with van der Waals surface area (Å²) in [6, 6.07) is 17.4. The molecule has 2 aromatic carbocycles. The van der Waals surface area contributed by atoms with Crippen molar-refractivity contribution < 1.29 is 19.1 Å². The molecular formula is C18H16N2O4. The molecule has 2 aromatic rings. The number of carbonyl (C=O) groups excluding carboxylic acids is 3. The minimum atomic E-state index is -1.33. The van der Waals surface area contributed by atoms with E-state index in [2.05, 4.69) is 5.32 Å². The molecule has 1 fully saturated rings. The summed E-state index contributed by atoms with van der Waals surface area (Å²) < 4.78 is 4.84. The lowest BCUT2D eigenvalue weighted by molar-refractivity contribution is -0.147. The molecular weight excluding hydrogens is 308 g/mol. The van der Waals surface area contributed by atoms with Gasteiger partial charge in [0.05, 0.1) is 0 Å². The highest BCUT2D eigenvalue weighted by Gasteiger charge is 2.53. The van der Waals surface area contributed by atoms with E-state index in [1.807, 2.05) is 12.1 Å². The normalized spacial score (nSPS) is 16.0. The van der Waals surface area contributed by atoms with Crippen LogP contribution in [0.3, 0.4) is 0 Å². The SMILES string of the molecule is CC(=O)OCN1C(=O)NC(c2ccccc2)(c2ccccc2)C1=O. The summed E-state index contributed by atoms with van der Waals surface area (Å²) in [5.41, 5.74) is -0.0560. The fourth-order valence-corrected chi connectivity index (χ4v) is 2.78. The van der Waals surface area contributed by atoms with E-state index in [0.717, 1.165) is 4.90 Å². The van der Waals surface area contributed by atoms with Crippen LogP contribution in [0.5, 0.6) is 0 Å². The molecule has 6 heteroatoms. The van der Waals surface area contributed by atoms with Gasteiger partial charge >= 0.3 is 12.0 Å². The predicted molar refractivity (Wildman–Crippen MR) is 85.7 cm³/mol. The van der Waals surface area contributed by atoms with Gasteiger partial charge in [0.2, 0.25) is 0 Å². The van der Waals surface area contributed by atoms with E-state index in [1.54, 1.807) is 48.5 Å². The third-order valence-corrected chi connectivity index (χ3v) is 3.92. The molecule has 0 spiro atoms. The molecule has 0 bridgehead atoms. The molecule has 1 aliphatic rings. The first-order chi connectivity index (χ1) is 11.6. The Labute approximate surface area is 139 Å². The van der Waals surface area contributed by atoms with Crippen molar-refractivity contribution in [3.8, 4) is 0 Å². The van der Waals surface area contributed by atoms with E-state index in [9.17, 15) is 14.4 Å². The van der Waals surface area contributed by atoms with E-state index in [-0.39, 0.29) is 0 Å². The largest absolute Gasteiger partial charge is 0.444 e. The predicted octanol–water partition coefficient (Wildman–Crippen LogP) is 2.00. The van der Waals surface area contributed by atoms with Crippen LogP contribution in [0.2, 0.25) is 0 Å². The molecule has 0 unspecified atom stereocenters. The Kier molecular flexibility index (Phi) is 4.04. The molecule has 0 atom stereocenters. The van der Waals surface area contributed by atoms with Crippen LogP contribution in [-0.2, 0) is 19.9 Å². The first-order valence-corrected chi connectivity index (χ1v) is 7.44. The Morgan fingerprint density at radius 1 is 1.00 bits per heavy atom. The number of ether oxygens (including phenoxy) is 1. The van der Waals surface area contributed by atoms with Crippen molar-refractivity contribution in [2.75, 3.05) is 6.73 Å². The third kappa shape index (κ3) is 2.52. The number of urea groups is 1. The number of amides is 3. The number of benzene rings is 2. The van der Waals surface area contributed by atoms with Gasteiger partial charge in [0.1, 0.15) is 0 Å². The summed E-state index contributed by atoms with van der Waals surface area (Å²) in [5, 5.41) is 2.77. The second-order valence-corrected chi connectivity index (χ2v) is 5.41. The summed E-state index contributed by atoms with van der Waals surface area (Å²) in [7, 11) is 0. The molecule has 3 rings (SSSR count). The van der Waals surface area contributed by atoms with Crippen LogP contribution >= 0.6 is 0 Å². The van der Waals surface area contributed by atoms with E-state index < -0.39 is 30.2 Å². The number of rotatable bonds is 4. The molecule has 1 saturated heterocycles. The summed E-state index contributed by atoms with van der Waals surface area (Å²) in [6.45, 7) is 0.807. The van der Waals surface area contributed by atoms with Crippen molar-refractivity contribution in [3.05, 3.63) is 71.8 Å². The first-order valence-electron chi connectivity index (χ1n) is 7.44. The van der Waals surface area contributed by atoms with Gasteiger partial charge in [-0.1, -0.05) is 60.7 Å². The number of nitrogens with zero attached hydrogens (tertiary/aromatic N) is 1. The Balaban J connectivity index is 2.09. The molecule has 6 nitrogen and oxygen atoms in total. The van der Waals surface area contributed by atoms with Gasteiger partial charge in [-0.25, -0.2) is 9.69 Å².